The van der Waals surface area contributed by atoms with E-state index in [2.05, 4.69) is 4.98 Å². The van der Waals surface area contributed by atoms with Crippen molar-refractivity contribution >= 4 is 50.5 Å². The summed E-state index contributed by atoms with van der Waals surface area (Å²) in [5, 5.41) is 4.36. The van der Waals surface area contributed by atoms with Gasteiger partial charge >= 0.3 is 5.97 Å². The predicted octanol–water partition coefficient (Wildman–Crippen LogP) is 3.70. The van der Waals surface area contributed by atoms with Crippen molar-refractivity contribution < 1.29 is 14.3 Å². The van der Waals surface area contributed by atoms with Gasteiger partial charge in [0.2, 0.25) is 5.91 Å². The van der Waals surface area contributed by atoms with E-state index in [1.807, 2.05) is 41.9 Å². The summed E-state index contributed by atoms with van der Waals surface area (Å²) in [6.45, 7) is 1.36. The zero-order valence-corrected chi connectivity index (χ0v) is 18.5. The number of rotatable bonds is 6. The number of esters is 1. The molecular weight excluding hydrogens is 434 g/mol. The van der Waals surface area contributed by atoms with E-state index in [1.54, 1.807) is 23.5 Å². The topological polar surface area (TPSA) is 81.5 Å². The van der Waals surface area contributed by atoms with Gasteiger partial charge in [0, 0.05) is 21.5 Å². The number of fused-ring (bicyclic) bond motifs is 1. The number of carbonyl (C=O) groups excluding carboxylic acids is 2. The number of thiophene rings is 2. The molecule has 0 aliphatic rings. The number of nitrogens with zero attached hydrogens (tertiary/aromatic N) is 3. The minimum absolute atomic E-state index is 0.243. The Morgan fingerprint density at radius 3 is 2.68 bits per heavy atom. The van der Waals surface area contributed by atoms with Crippen LogP contribution in [0.1, 0.15) is 5.56 Å². The number of aryl methyl sites for hydroxylation is 1. The van der Waals surface area contributed by atoms with E-state index < -0.39 is 11.9 Å². The van der Waals surface area contributed by atoms with Gasteiger partial charge in [0.1, 0.15) is 17.9 Å². The number of para-hydroxylation sites is 1. The second-order valence-electron chi connectivity index (χ2n) is 6.83. The first-order valence-electron chi connectivity index (χ1n) is 9.43. The Labute approximate surface area is 186 Å². The normalized spacial score (nSPS) is 10.9. The molecule has 0 saturated carbocycles. The molecule has 0 aliphatic carbocycles. The van der Waals surface area contributed by atoms with Crippen LogP contribution in [0.15, 0.2) is 58.3 Å². The van der Waals surface area contributed by atoms with Gasteiger partial charge in [-0.1, -0.05) is 24.3 Å². The lowest BCUT2D eigenvalue weighted by Gasteiger charge is -2.23. The first-order chi connectivity index (χ1) is 15.0. The summed E-state index contributed by atoms with van der Waals surface area (Å²) in [6.07, 6.45) is 1.38. The first-order valence-corrected chi connectivity index (χ1v) is 11.2. The Bertz CT molecular complexity index is 1310. The molecule has 9 heteroatoms. The van der Waals surface area contributed by atoms with Gasteiger partial charge < -0.3 is 4.74 Å². The lowest BCUT2D eigenvalue weighted by molar-refractivity contribution is -0.140. The maximum Gasteiger partial charge on any atom is 0.325 e. The molecule has 0 bridgehead atoms. The van der Waals surface area contributed by atoms with Crippen molar-refractivity contribution in [3.8, 4) is 10.4 Å². The molecule has 158 valence electrons. The van der Waals surface area contributed by atoms with Crippen LogP contribution >= 0.6 is 22.7 Å². The molecule has 4 rings (SSSR count). The third-order valence-electron chi connectivity index (χ3n) is 4.88. The summed E-state index contributed by atoms with van der Waals surface area (Å²) in [6, 6.07) is 11.1. The van der Waals surface area contributed by atoms with Gasteiger partial charge in [-0.2, -0.15) is 0 Å². The highest BCUT2D eigenvalue weighted by atomic mass is 32.1. The standard InChI is InChI=1S/C22H19N3O4S2/c1-14-6-3-4-7-16(14)25(11-19(27)29-2)18(26)10-24-13-23-21-20(22(24)28)15(12-31-21)17-8-5-9-30-17/h3-9,12-13H,10-11H2,1-2H3. The smallest absolute Gasteiger partial charge is 0.325 e. The SMILES string of the molecule is COC(=O)CN(C(=O)Cn1cnc2scc(-c3cccs3)c2c1=O)c1ccccc1C. The average Bonchev–Trinajstić information content (AvgIpc) is 3.44. The molecule has 0 spiro atoms. The van der Waals surface area contributed by atoms with Gasteiger partial charge in [0.25, 0.3) is 5.56 Å². The quantitative estimate of drug-likeness (QED) is 0.416. The van der Waals surface area contributed by atoms with E-state index >= 15 is 0 Å². The number of hydrogen-bond acceptors (Lipinski definition) is 7. The Morgan fingerprint density at radius 1 is 1.16 bits per heavy atom. The zero-order valence-electron chi connectivity index (χ0n) is 16.9. The highest BCUT2D eigenvalue weighted by molar-refractivity contribution is 7.18. The van der Waals surface area contributed by atoms with Crippen LogP contribution in [0.25, 0.3) is 20.7 Å². The van der Waals surface area contributed by atoms with Crippen molar-refractivity contribution in [1.82, 2.24) is 9.55 Å². The van der Waals surface area contributed by atoms with Crippen molar-refractivity contribution in [1.29, 1.82) is 0 Å². The third-order valence-corrected chi connectivity index (χ3v) is 6.66. The molecule has 0 atom stereocenters. The molecule has 3 aromatic heterocycles. The number of carbonyl (C=O) groups is 2. The summed E-state index contributed by atoms with van der Waals surface area (Å²) in [4.78, 5) is 45.7. The summed E-state index contributed by atoms with van der Waals surface area (Å²) < 4.78 is 6.05. The van der Waals surface area contributed by atoms with Crippen LogP contribution in [-0.4, -0.2) is 35.1 Å². The second-order valence-corrected chi connectivity index (χ2v) is 8.63. The number of methoxy groups -OCH3 is 1. The maximum absolute atomic E-state index is 13.2. The van der Waals surface area contributed by atoms with Gasteiger partial charge in [-0.05, 0) is 30.0 Å². The van der Waals surface area contributed by atoms with E-state index in [0.29, 0.717) is 15.9 Å². The average molecular weight is 454 g/mol. The Hall–Kier alpha value is -3.30. The highest BCUT2D eigenvalue weighted by Gasteiger charge is 2.23. The van der Waals surface area contributed by atoms with Gasteiger partial charge in [-0.15, -0.1) is 22.7 Å². The van der Waals surface area contributed by atoms with Crippen molar-refractivity contribution in [2.75, 3.05) is 18.6 Å². The minimum atomic E-state index is -0.546. The van der Waals surface area contributed by atoms with E-state index in [9.17, 15) is 14.4 Å². The lowest BCUT2D eigenvalue weighted by atomic mass is 10.1. The first kappa shape index (κ1) is 21.0. The second kappa shape index (κ2) is 8.83. The number of amides is 1. The largest absolute Gasteiger partial charge is 0.468 e. The maximum atomic E-state index is 13.2. The molecule has 0 radical (unpaired) electrons. The molecule has 31 heavy (non-hydrogen) atoms. The monoisotopic (exact) mass is 453 g/mol. The summed E-state index contributed by atoms with van der Waals surface area (Å²) in [5.74, 6) is -0.953. The lowest BCUT2D eigenvalue weighted by Crippen LogP contribution is -2.40. The third kappa shape index (κ3) is 4.14. The van der Waals surface area contributed by atoms with Crippen LogP contribution in [0.4, 0.5) is 5.69 Å². The number of anilines is 1. The van der Waals surface area contributed by atoms with Crippen LogP contribution in [0.5, 0.6) is 0 Å². The number of aromatic nitrogens is 2. The van der Waals surface area contributed by atoms with Crippen molar-refractivity contribution in [2.45, 2.75) is 13.5 Å². The predicted molar refractivity (Wildman–Crippen MR) is 123 cm³/mol. The van der Waals surface area contributed by atoms with Gasteiger partial charge in [-0.25, -0.2) is 4.98 Å². The molecule has 0 aliphatic heterocycles. The fourth-order valence-corrected chi connectivity index (χ4v) is 5.01. The summed E-state index contributed by atoms with van der Waals surface area (Å²) in [5.41, 5.74) is 1.96. The van der Waals surface area contributed by atoms with E-state index in [0.717, 1.165) is 16.0 Å². The molecule has 7 nitrogen and oxygen atoms in total. The number of ether oxygens (including phenoxy) is 1. The van der Waals surface area contributed by atoms with Crippen molar-refractivity contribution in [2.24, 2.45) is 0 Å². The Morgan fingerprint density at radius 2 is 1.97 bits per heavy atom. The fraction of sp³-hybridized carbons (Fsp3) is 0.182. The van der Waals surface area contributed by atoms with E-state index in [-0.39, 0.29) is 18.6 Å². The molecule has 0 unspecified atom stereocenters. The Balaban J connectivity index is 1.71. The van der Waals surface area contributed by atoms with Crippen LogP contribution < -0.4 is 10.5 Å². The fourth-order valence-electron chi connectivity index (χ4n) is 3.29. The van der Waals surface area contributed by atoms with Crippen LogP contribution in [0.2, 0.25) is 0 Å². The van der Waals surface area contributed by atoms with Gasteiger partial charge in [-0.3, -0.25) is 23.9 Å². The van der Waals surface area contributed by atoms with E-state index in [1.165, 1.54) is 34.2 Å². The summed E-state index contributed by atoms with van der Waals surface area (Å²) in [7, 11) is 1.27. The van der Waals surface area contributed by atoms with Crippen LogP contribution in [0, 0.1) is 6.92 Å². The molecule has 0 saturated heterocycles. The molecule has 0 N–H and O–H groups in total. The molecule has 4 aromatic rings. The summed E-state index contributed by atoms with van der Waals surface area (Å²) >= 11 is 2.94. The molecular formula is C22H19N3O4S2. The molecule has 3 heterocycles. The van der Waals surface area contributed by atoms with Crippen molar-refractivity contribution in [3.05, 3.63) is 69.4 Å². The van der Waals surface area contributed by atoms with Gasteiger partial charge in [0.05, 0.1) is 18.8 Å². The van der Waals surface area contributed by atoms with Crippen LogP contribution in [0.3, 0.4) is 0 Å². The number of hydrogen-bond donors (Lipinski definition) is 0. The molecule has 0 fully saturated rings. The molecule has 1 amide bonds. The number of benzene rings is 1. The molecule has 1 aromatic carbocycles. The van der Waals surface area contributed by atoms with Gasteiger partial charge in [0.15, 0.2) is 0 Å². The Kier molecular flexibility index (Phi) is 5.97. The zero-order chi connectivity index (χ0) is 22.0. The highest BCUT2D eigenvalue weighted by Crippen LogP contribution is 2.33. The van der Waals surface area contributed by atoms with Crippen molar-refractivity contribution in [3.63, 3.8) is 0 Å². The minimum Gasteiger partial charge on any atom is -0.468 e. The van der Waals surface area contributed by atoms with E-state index in [4.69, 9.17) is 4.74 Å². The van der Waals surface area contributed by atoms with Crippen LogP contribution in [-0.2, 0) is 20.9 Å².